The molecule has 0 N–H and O–H groups in total. The lowest BCUT2D eigenvalue weighted by Crippen LogP contribution is -2.21. The van der Waals surface area contributed by atoms with Gasteiger partial charge in [-0.05, 0) is 124 Å². The van der Waals surface area contributed by atoms with Crippen LogP contribution < -0.4 is 4.90 Å². The molecule has 9 aromatic carbocycles. The molecule has 2 aliphatic rings. The highest BCUT2D eigenvalue weighted by atomic mass is 16.3. The Labute approximate surface area is 384 Å². The second kappa shape index (κ2) is 15.0. The maximum Gasteiger partial charge on any atom is 0.136 e. The van der Waals surface area contributed by atoms with Crippen molar-refractivity contribution < 1.29 is 8.83 Å². The summed E-state index contributed by atoms with van der Waals surface area (Å²) in [5.41, 5.74) is 21.7. The molecule has 11 aromatic rings. The van der Waals surface area contributed by atoms with E-state index in [1.165, 1.54) is 61.1 Å². The van der Waals surface area contributed by atoms with Crippen LogP contribution in [0.3, 0.4) is 0 Å². The van der Waals surface area contributed by atoms with E-state index in [1.807, 2.05) is 0 Å². The standard InChI is InChI=1S/C63H45NO2/c1-63(2)51-27-13-9-23-45(51)48-26-17-29-53(62(48)63)64(52-28-14-10-22-44(52)40-18-5-3-6-19-40)43-34-32-42(33-35-43)59-47(37-39-57-61(59)50-25-12-16-31-55(50)66-57)46-36-38-56-60(49-24-11-15-30-54(49)65-56)58(46)41-20-7-4-8-21-41/h3-10,12-23,25-39H,11,24H2,1-2H3. The van der Waals surface area contributed by atoms with Crippen molar-refractivity contribution in [1.29, 1.82) is 0 Å². The normalized spacial score (nSPS) is 13.5. The molecule has 0 spiro atoms. The van der Waals surface area contributed by atoms with Crippen LogP contribution in [-0.2, 0) is 11.8 Å². The Kier molecular flexibility index (Phi) is 8.69. The number of nitrogens with zero attached hydrogens (tertiary/aromatic N) is 1. The molecular weight excluding hydrogens is 803 g/mol. The molecular formula is C63H45NO2. The Bertz CT molecular complexity index is 3720. The van der Waals surface area contributed by atoms with Crippen LogP contribution in [-0.4, -0.2) is 0 Å². The summed E-state index contributed by atoms with van der Waals surface area (Å²) in [4.78, 5) is 2.49. The van der Waals surface area contributed by atoms with Gasteiger partial charge in [0.25, 0.3) is 0 Å². The van der Waals surface area contributed by atoms with E-state index in [9.17, 15) is 0 Å². The van der Waals surface area contributed by atoms with Crippen LogP contribution in [0.1, 0.15) is 42.7 Å². The number of allylic oxidation sites excluding steroid dienone is 1. The van der Waals surface area contributed by atoms with E-state index in [4.69, 9.17) is 8.83 Å². The summed E-state index contributed by atoms with van der Waals surface area (Å²) in [6.45, 7) is 4.75. The van der Waals surface area contributed by atoms with Gasteiger partial charge in [0.1, 0.15) is 22.5 Å². The summed E-state index contributed by atoms with van der Waals surface area (Å²) in [7, 11) is 0. The van der Waals surface area contributed by atoms with Crippen LogP contribution in [0.25, 0.3) is 94.6 Å². The first-order chi connectivity index (χ1) is 32.5. The van der Waals surface area contributed by atoms with Gasteiger partial charge in [-0.3, -0.25) is 0 Å². The molecule has 3 nitrogen and oxygen atoms in total. The Balaban J connectivity index is 1.06. The van der Waals surface area contributed by atoms with Crippen molar-refractivity contribution in [3.63, 3.8) is 0 Å². The minimum Gasteiger partial charge on any atom is -0.456 e. The van der Waals surface area contributed by atoms with Crippen LogP contribution in [0.2, 0.25) is 0 Å². The van der Waals surface area contributed by atoms with Gasteiger partial charge in [-0.25, -0.2) is 0 Å². The first-order valence-electron chi connectivity index (χ1n) is 23.1. The van der Waals surface area contributed by atoms with Crippen molar-refractivity contribution in [3.8, 4) is 55.6 Å². The molecule has 0 fully saturated rings. The SMILES string of the molecule is CC1(C)c2ccccc2-c2cccc(N(c3ccc(-c4c(-c5ccc6oc7c(c6c5-c5ccccc5)CCC=C7)ccc5oc6ccccc6c45)cc3)c3ccccc3-c3ccccc3)c21. The fraction of sp³-hybridized carbons (Fsp3) is 0.0794. The number of para-hydroxylation sites is 2. The number of hydrogen-bond acceptors (Lipinski definition) is 3. The van der Waals surface area contributed by atoms with Gasteiger partial charge in [-0.15, -0.1) is 0 Å². The Morgan fingerprint density at radius 1 is 0.439 bits per heavy atom. The molecule has 314 valence electrons. The number of hydrogen-bond donors (Lipinski definition) is 0. The third-order valence-corrected chi connectivity index (χ3v) is 14.2. The molecule has 0 saturated heterocycles. The summed E-state index contributed by atoms with van der Waals surface area (Å²) >= 11 is 0. The predicted molar refractivity (Wildman–Crippen MR) is 275 cm³/mol. The van der Waals surface area contributed by atoms with E-state index in [0.29, 0.717) is 0 Å². The van der Waals surface area contributed by atoms with E-state index < -0.39 is 0 Å². The molecule has 3 heteroatoms. The summed E-state index contributed by atoms with van der Waals surface area (Å²) in [6.07, 6.45) is 6.31. The molecule has 0 radical (unpaired) electrons. The lowest BCUT2D eigenvalue weighted by atomic mass is 9.81. The van der Waals surface area contributed by atoms with Crippen LogP contribution in [0.15, 0.2) is 215 Å². The molecule has 0 amide bonds. The largest absolute Gasteiger partial charge is 0.456 e. The Morgan fingerprint density at radius 3 is 1.83 bits per heavy atom. The summed E-state index contributed by atoms with van der Waals surface area (Å²) in [6, 6.07) is 72.8. The van der Waals surface area contributed by atoms with E-state index in [2.05, 4.69) is 231 Å². The average Bonchev–Trinajstić information content (AvgIpc) is 4.02. The number of rotatable bonds is 7. The van der Waals surface area contributed by atoms with Crippen molar-refractivity contribution in [1.82, 2.24) is 0 Å². The topological polar surface area (TPSA) is 29.5 Å². The van der Waals surface area contributed by atoms with Gasteiger partial charge in [0.2, 0.25) is 0 Å². The van der Waals surface area contributed by atoms with E-state index in [-0.39, 0.29) is 5.41 Å². The first-order valence-corrected chi connectivity index (χ1v) is 23.1. The average molecular weight is 848 g/mol. The minimum absolute atomic E-state index is 0.225. The van der Waals surface area contributed by atoms with E-state index in [1.54, 1.807) is 0 Å². The van der Waals surface area contributed by atoms with E-state index in [0.717, 1.165) is 79.8 Å². The lowest BCUT2D eigenvalue weighted by molar-refractivity contribution is 0.595. The van der Waals surface area contributed by atoms with Crippen LogP contribution in [0.4, 0.5) is 17.1 Å². The summed E-state index contributed by atoms with van der Waals surface area (Å²) in [5, 5.41) is 3.41. The second-order valence-corrected chi connectivity index (χ2v) is 18.2. The maximum atomic E-state index is 6.64. The third-order valence-electron chi connectivity index (χ3n) is 14.2. The Morgan fingerprint density at radius 2 is 1.05 bits per heavy atom. The van der Waals surface area contributed by atoms with Gasteiger partial charge in [0.15, 0.2) is 0 Å². The molecule has 13 rings (SSSR count). The third kappa shape index (κ3) is 5.83. The highest BCUT2D eigenvalue weighted by Gasteiger charge is 2.39. The van der Waals surface area contributed by atoms with Crippen molar-refractivity contribution in [2.45, 2.75) is 32.1 Å². The molecule has 0 aliphatic heterocycles. The van der Waals surface area contributed by atoms with Gasteiger partial charge in [0, 0.05) is 49.5 Å². The zero-order valence-corrected chi connectivity index (χ0v) is 36.9. The molecule has 2 aromatic heterocycles. The first kappa shape index (κ1) is 38.3. The van der Waals surface area contributed by atoms with Crippen molar-refractivity contribution in [2.24, 2.45) is 0 Å². The zero-order chi connectivity index (χ0) is 43.9. The molecule has 0 bridgehead atoms. The number of furan rings is 2. The van der Waals surface area contributed by atoms with Crippen molar-refractivity contribution in [3.05, 3.63) is 229 Å². The zero-order valence-electron chi connectivity index (χ0n) is 36.9. The number of fused-ring (bicyclic) bond motifs is 9. The molecule has 2 aliphatic carbocycles. The fourth-order valence-corrected chi connectivity index (χ4v) is 11.3. The monoisotopic (exact) mass is 847 g/mol. The number of anilines is 3. The molecule has 66 heavy (non-hydrogen) atoms. The van der Waals surface area contributed by atoms with Gasteiger partial charge < -0.3 is 13.7 Å². The second-order valence-electron chi connectivity index (χ2n) is 18.2. The summed E-state index contributed by atoms with van der Waals surface area (Å²) < 4.78 is 13.2. The highest BCUT2D eigenvalue weighted by Crippen LogP contribution is 2.55. The summed E-state index contributed by atoms with van der Waals surface area (Å²) in [5.74, 6) is 0.965. The lowest BCUT2D eigenvalue weighted by Gasteiger charge is -2.33. The van der Waals surface area contributed by atoms with Crippen molar-refractivity contribution >= 4 is 56.0 Å². The van der Waals surface area contributed by atoms with Crippen LogP contribution >= 0.6 is 0 Å². The van der Waals surface area contributed by atoms with Crippen LogP contribution in [0.5, 0.6) is 0 Å². The molecule has 2 heterocycles. The van der Waals surface area contributed by atoms with Crippen LogP contribution in [0, 0.1) is 0 Å². The van der Waals surface area contributed by atoms with E-state index >= 15 is 0 Å². The van der Waals surface area contributed by atoms with Gasteiger partial charge in [-0.2, -0.15) is 0 Å². The minimum atomic E-state index is -0.225. The number of benzene rings is 9. The fourth-order valence-electron chi connectivity index (χ4n) is 11.3. The van der Waals surface area contributed by atoms with Gasteiger partial charge in [0.05, 0.1) is 11.4 Å². The quantitative estimate of drug-likeness (QED) is 0.160. The van der Waals surface area contributed by atoms with Gasteiger partial charge >= 0.3 is 0 Å². The number of aryl methyl sites for hydroxylation is 1. The highest BCUT2D eigenvalue weighted by molar-refractivity contribution is 6.18. The maximum absolute atomic E-state index is 6.64. The predicted octanol–water partition coefficient (Wildman–Crippen LogP) is 17.7. The smallest absolute Gasteiger partial charge is 0.136 e. The molecule has 0 unspecified atom stereocenters. The van der Waals surface area contributed by atoms with Gasteiger partial charge in [-0.1, -0.05) is 166 Å². The van der Waals surface area contributed by atoms with Crippen molar-refractivity contribution in [2.75, 3.05) is 4.90 Å². The molecule has 0 saturated carbocycles. The molecule has 0 atom stereocenters. The Hall–Kier alpha value is -8.14.